The molecular weight excluding hydrogens is 327 g/mol. The zero-order valence-electron chi connectivity index (χ0n) is 11.8. The van der Waals surface area contributed by atoms with Gasteiger partial charge in [-0.25, -0.2) is 4.79 Å². The number of hydrogen-bond acceptors (Lipinski definition) is 3. The number of amides is 2. The fourth-order valence-electron chi connectivity index (χ4n) is 2.66. The first-order valence-corrected chi connectivity index (χ1v) is 7.85. The molecule has 1 aromatic carbocycles. The van der Waals surface area contributed by atoms with Crippen LogP contribution in [0.3, 0.4) is 0 Å². The SMILES string of the molecule is O=C(NCC1=COCCO1)NC1CCc2c1ccc(Cl)c2Cl. The van der Waals surface area contributed by atoms with E-state index in [0.29, 0.717) is 35.6 Å². The molecule has 1 heterocycles. The third-order valence-electron chi connectivity index (χ3n) is 3.72. The summed E-state index contributed by atoms with van der Waals surface area (Å²) in [6.07, 6.45) is 3.14. The molecular formula is C15H16Cl2N2O3. The zero-order valence-corrected chi connectivity index (χ0v) is 13.3. The first-order valence-electron chi connectivity index (χ1n) is 7.09. The molecule has 1 aliphatic heterocycles. The van der Waals surface area contributed by atoms with E-state index < -0.39 is 0 Å². The van der Waals surface area contributed by atoms with Gasteiger partial charge in [0.2, 0.25) is 0 Å². The maximum absolute atomic E-state index is 12.0. The van der Waals surface area contributed by atoms with Crippen LogP contribution in [0.2, 0.25) is 10.0 Å². The van der Waals surface area contributed by atoms with Crippen molar-refractivity contribution in [3.8, 4) is 0 Å². The van der Waals surface area contributed by atoms with Crippen LogP contribution in [0, 0.1) is 0 Å². The maximum Gasteiger partial charge on any atom is 0.315 e. The van der Waals surface area contributed by atoms with Crippen molar-refractivity contribution in [1.82, 2.24) is 10.6 Å². The van der Waals surface area contributed by atoms with E-state index in [0.717, 1.165) is 24.0 Å². The van der Waals surface area contributed by atoms with Crippen LogP contribution in [0.5, 0.6) is 0 Å². The number of fused-ring (bicyclic) bond motifs is 1. The first-order chi connectivity index (χ1) is 10.6. The number of carbonyl (C=O) groups excluding carboxylic acids is 1. The topological polar surface area (TPSA) is 59.6 Å². The Morgan fingerprint density at radius 2 is 2.18 bits per heavy atom. The van der Waals surface area contributed by atoms with Crippen molar-refractivity contribution < 1.29 is 14.3 Å². The van der Waals surface area contributed by atoms with Gasteiger partial charge in [-0.1, -0.05) is 29.3 Å². The molecule has 3 rings (SSSR count). The van der Waals surface area contributed by atoms with Gasteiger partial charge in [0.05, 0.1) is 22.6 Å². The molecule has 22 heavy (non-hydrogen) atoms. The number of benzene rings is 1. The van der Waals surface area contributed by atoms with Crippen molar-refractivity contribution in [2.75, 3.05) is 19.8 Å². The summed E-state index contributed by atoms with van der Waals surface area (Å²) in [5.41, 5.74) is 2.05. The van der Waals surface area contributed by atoms with Gasteiger partial charge in [0.1, 0.15) is 25.2 Å². The number of hydrogen-bond donors (Lipinski definition) is 2. The zero-order chi connectivity index (χ0) is 15.5. The largest absolute Gasteiger partial charge is 0.494 e. The summed E-state index contributed by atoms with van der Waals surface area (Å²) in [6, 6.07) is 3.38. The van der Waals surface area contributed by atoms with E-state index in [-0.39, 0.29) is 12.1 Å². The average molecular weight is 343 g/mol. The molecule has 0 saturated carbocycles. The van der Waals surface area contributed by atoms with Gasteiger partial charge in [-0.2, -0.15) is 0 Å². The Hall–Kier alpha value is -1.59. The van der Waals surface area contributed by atoms with Gasteiger partial charge in [0.15, 0.2) is 0 Å². The second kappa shape index (κ2) is 6.67. The molecule has 1 atom stereocenters. The molecule has 5 nitrogen and oxygen atoms in total. The Kier molecular flexibility index (Phi) is 4.64. The van der Waals surface area contributed by atoms with Crippen molar-refractivity contribution in [2.45, 2.75) is 18.9 Å². The molecule has 1 aliphatic carbocycles. The van der Waals surface area contributed by atoms with Crippen molar-refractivity contribution in [2.24, 2.45) is 0 Å². The Bertz CT molecular complexity index is 619. The van der Waals surface area contributed by atoms with Gasteiger partial charge in [0, 0.05) is 0 Å². The van der Waals surface area contributed by atoms with Crippen molar-refractivity contribution >= 4 is 29.2 Å². The number of nitrogens with one attached hydrogen (secondary N) is 2. The van der Waals surface area contributed by atoms with Crippen LogP contribution in [0.1, 0.15) is 23.6 Å². The maximum atomic E-state index is 12.0. The van der Waals surface area contributed by atoms with Gasteiger partial charge >= 0.3 is 6.03 Å². The number of urea groups is 1. The summed E-state index contributed by atoms with van der Waals surface area (Å²) < 4.78 is 10.5. The predicted octanol–water partition coefficient (Wildman–Crippen LogP) is 3.17. The molecule has 1 aromatic rings. The van der Waals surface area contributed by atoms with Crippen LogP contribution in [0.15, 0.2) is 24.2 Å². The molecule has 0 spiro atoms. The van der Waals surface area contributed by atoms with Crippen LogP contribution in [-0.4, -0.2) is 25.8 Å². The molecule has 2 N–H and O–H groups in total. The van der Waals surface area contributed by atoms with E-state index in [9.17, 15) is 4.79 Å². The summed E-state index contributed by atoms with van der Waals surface area (Å²) in [5, 5.41) is 6.83. The smallest absolute Gasteiger partial charge is 0.315 e. The summed E-state index contributed by atoms with van der Waals surface area (Å²) in [5.74, 6) is 0.614. The summed E-state index contributed by atoms with van der Waals surface area (Å²) >= 11 is 12.2. The Balaban J connectivity index is 1.57. The third-order valence-corrected chi connectivity index (χ3v) is 4.57. The summed E-state index contributed by atoms with van der Waals surface area (Å²) in [6.45, 7) is 1.34. The lowest BCUT2D eigenvalue weighted by Gasteiger charge is -2.18. The van der Waals surface area contributed by atoms with Crippen LogP contribution in [-0.2, 0) is 15.9 Å². The van der Waals surface area contributed by atoms with E-state index in [2.05, 4.69) is 10.6 Å². The number of halogens is 2. The summed E-state index contributed by atoms with van der Waals surface area (Å²) in [7, 11) is 0. The standard InChI is InChI=1S/C15H16Cl2N2O3/c16-12-3-1-10-11(14(12)17)2-4-13(10)19-15(20)18-7-9-8-21-5-6-22-9/h1,3,8,13H,2,4-7H2,(H2,18,19,20). The van der Waals surface area contributed by atoms with Crippen LogP contribution in [0.25, 0.3) is 0 Å². The minimum absolute atomic E-state index is 0.0535. The number of ether oxygens (including phenoxy) is 2. The van der Waals surface area contributed by atoms with Gasteiger partial charge in [-0.15, -0.1) is 0 Å². The van der Waals surface area contributed by atoms with Gasteiger partial charge in [-0.3, -0.25) is 0 Å². The fourth-order valence-corrected chi connectivity index (χ4v) is 3.10. The second-order valence-electron chi connectivity index (χ2n) is 5.15. The van der Waals surface area contributed by atoms with Crippen molar-refractivity contribution in [3.05, 3.63) is 45.3 Å². The normalized spacial score (nSPS) is 19.5. The quantitative estimate of drug-likeness (QED) is 0.886. The Morgan fingerprint density at radius 3 is 2.95 bits per heavy atom. The van der Waals surface area contributed by atoms with Gasteiger partial charge < -0.3 is 20.1 Å². The first kappa shape index (κ1) is 15.3. The molecule has 0 bridgehead atoms. The average Bonchev–Trinajstić information content (AvgIpc) is 2.93. The summed E-state index contributed by atoms with van der Waals surface area (Å²) in [4.78, 5) is 12.0. The molecule has 7 heteroatoms. The molecule has 0 saturated heterocycles. The lowest BCUT2D eigenvalue weighted by Crippen LogP contribution is -2.38. The molecule has 2 aliphatic rings. The minimum atomic E-state index is -0.251. The minimum Gasteiger partial charge on any atom is -0.494 e. The molecule has 1 unspecified atom stereocenters. The molecule has 0 fully saturated rings. The van der Waals surface area contributed by atoms with Gasteiger partial charge in [0.25, 0.3) is 0 Å². The van der Waals surface area contributed by atoms with Gasteiger partial charge in [-0.05, 0) is 30.0 Å². The lowest BCUT2D eigenvalue weighted by molar-refractivity contribution is 0.0816. The highest BCUT2D eigenvalue weighted by molar-refractivity contribution is 6.42. The highest BCUT2D eigenvalue weighted by Gasteiger charge is 2.26. The van der Waals surface area contributed by atoms with E-state index in [1.165, 1.54) is 6.26 Å². The lowest BCUT2D eigenvalue weighted by atomic mass is 10.1. The molecule has 2 amide bonds. The number of rotatable bonds is 3. The van der Waals surface area contributed by atoms with E-state index >= 15 is 0 Å². The second-order valence-corrected chi connectivity index (χ2v) is 5.94. The fraction of sp³-hybridized carbons (Fsp3) is 0.400. The van der Waals surface area contributed by atoms with Crippen molar-refractivity contribution in [3.63, 3.8) is 0 Å². The van der Waals surface area contributed by atoms with Crippen molar-refractivity contribution in [1.29, 1.82) is 0 Å². The Morgan fingerprint density at radius 1 is 1.32 bits per heavy atom. The highest BCUT2D eigenvalue weighted by Crippen LogP contribution is 2.38. The molecule has 0 aromatic heterocycles. The van der Waals surface area contributed by atoms with E-state index in [4.69, 9.17) is 32.7 Å². The van der Waals surface area contributed by atoms with E-state index in [1.807, 2.05) is 6.07 Å². The van der Waals surface area contributed by atoms with Crippen LogP contribution >= 0.6 is 23.2 Å². The monoisotopic (exact) mass is 342 g/mol. The third kappa shape index (κ3) is 3.25. The molecule has 0 radical (unpaired) electrons. The molecule has 118 valence electrons. The van der Waals surface area contributed by atoms with E-state index in [1.54, 1.807) is 6.07 Å². The predicted molar refractivity (Wildman–Crippen MR) is 84.0 cm³/mol. The van der Waals surface area contributed by atoms with Crippen LogP contribution < -0.4 is 10.6 Å². The Labute approximate surface area is 138 Å². The van der Waals surface area contributed by atoms with Crippen LogP contribution in [0.4, 0.5) is 4.79 Å². The number of carbonyl (C=O) groups is 1. The highest BCUT2D eigenvalue weighted by atomic mass is 35.5.